The molecule has 1 aromatic rings. The van der Waals surface area contributed by atoms with Gasteiger partial charge in [-0.15, -0.1) is 24.0 Å². The second kappa shape index (κ2) is 13.4. The van der Waals surface area contributed by atoms with Crippen LogP contribution < -0.4 is 10.6 Å². The van der Waals surface area contributed by atoms with E-state index in [1.54, 1.807) is 20.8 Å². The SMILES string of the molecule is CCNC(=NCC(c1ccccc1)N(CC)CC)NCCS(=O)(=O)C(C)(C)C.I. The average Bonchev–Trinajstić information content (AvgIpc) is 2.64. The van der Waals surface area contributed by atoms with Crippen molar-refractivity contribution < 1.29 is 8.42 Å². The van der Waals surface area contributed by atoms with Gasteiger partial charge in [-0.2, -0.15) is 0 Å². The van der Waals surface area contributed by atoms with Crippen LogP contribution in [0.2, 0.25) is 0 Å². The third-order valence-electron chi connectivity index (χ3n) is 4.80. The van der Waals surface area contributed by atoms with Crippen molar-refractivity contribution in [3.63, 3.8) is 0 Å². The fraction of sp³-hybridized carbons (Fsp3) is 0.667. The van der Waals surface area contributed by atoms with E-state index in [4.69, 9.17) is 4.99 Å². The number of hydrogen-bond donors (Lipinski definition) is 2. The van der Waals surface area contributed by atoms with Gasteiger partial charge in [0.05, 0.1) is 23.1 Å². The minimum atomic E-state index is -3.16. The van der Waals surface area contributed by atoms with E-state index in [1.807, 2.05) is 13.0 Å². The summed E-state index contributed by atoms with van der Waals surface area (Å²) in [5.74, 6) is 0.735. The Morgan fingerprint density at radius 3 is 2.14 bits per heavy atom. The highest BCUT2D eigenvalue weighted by Gasteiger charge is 2.28. The van der Waals surface area contributed by atoms with E-state index in [-0.39, 0.29) is 35.8 Å². The molecule has 1 rings (SSSR count). The van der Waals surface area contributed by atoms with Gasteiger partial charge in [0, 0.05) is 13.1 Å². The minimum Gasteiger partial charge on any atom is -0.357 e. The number of guanidine groups is 1. The molecule has 0 heterocycles. The zero-order valence-corrected chi connectivity index (χ0v) is 21.9. The van der Waals surface area contributed by atoms with Gasteiger partial charge < -0.3 is 10.6 Å². The van der Waals surface area contributed by atoms with Crippen molar-refractivity contribution in [3.05, 3.63) is 35.9 Å². The van der Waals surface area contributed by atoms with Gasteiger partial charge in [0.15, 0.2) is 15.8 Å². The Balaban J connectivity index is 0.00000784. The summed E-state index contributed by atoms with van der Waals surface area (Å²) < 4.78 is 23.9. The van der Waals surface area contributed by atoms with Gasteiger partial charge in [0.25, 0.3) is 0 Å². The van der Waals surface area contributed by atoms with Crippen molar-refractivity contribution in [1.29, 1.82) is 0 Å². The van der Waals surface area contributed by atoms with Crippen molar-refractivity contribution in [2.24, 2.45) is 4.99 Å². The molecule has 0 aromatic heterocycles. The molecule has 0 spiro atoms. The number of rotatable bonds is 10. The quantitative estimate of drug-likeness (QED) is 0.271. The summed E-state index contributed by atoms with van der Waals surface area (Å²) in [6.45, 7) is 15.1. The van der Waals surface area contributed by atoms with E-state index >= 15 is 0 Å². The molecule has 2 N–H and O–H groups in total. The maximum atomic E-state index is 12.3. The van der Waals surface area contributed by atoms with Crippen molar-refractivity contribution in [2.45, 2.75) is 52.3 Å². The molecule has 8 heteroatoms. The molecule has 0 saturated heterocycles. The highest BCUT2D eigenvalue weighted by Crippen LogP contribution is 2.20. The van der Waals surface area contributed by atoms with Crippen LogP contribution in [0.3, 0.4) is 0 Å². The Labute approximate surface area is 194 Å². The van der Waals surface area contributed by atoms with Gasteiger partial charge in [-0.25, -0.2) is 8.42 Å². The highest BCUT2D eigenvalue weighted by molar-refractivity contribution is 14.0. The molecule has 0 saturated carbocycles. The molecule has 0 fully saturated rings. The van der Waals surface area contributed by atoms with Gasteiger partial charge >= 0.3 is 0 Å². The van der Waals surface area contributed by atoms with E-state index in [2.05, 4.69) is 53.6 Å². The van der Waals surface area contributed by atoms with Crippen LogP contribution in [0, 0.1) is 0 Å². The molecule has 1 unspecified atom stereocenters. The third kappa shape index (κ3) is 9.21. The highest BCUT2D eigenvalue weighted by atomic mass is 127. The number of hydrogen-bond acceptors (Lipinski definition) is 4. The van der Waals surface area contributed by atoms with Crippen LogP contribution in [-0.4, -0.2) is 62.5 Å². The number of benzene rings is 1. The lowest BCUT2D eigenvalue weighted by Gasteiger charge is -2.29. The fourth-order valence-electron chi connectivity index (χ4n) is 2.90. The van der Waals surface area contributed by atoms with Crippen molar-refractivity contribution in [3.8, 4) is 0 Å². The van der Waals surface area contributed by atoms with Gasteiger partial charge in [-0.3, -0.25) is 9.89 Å². The van der Waals surface area contributed by atoms with Gasteiger partial charge in [-0.05, 0) is 46.3 Å². The summed E-state index contributed by atoms with van der Waals surface area (Å²) in [5.41, 5.74) is 1.24. The maximum absolute atomic E-state index is 12.3. The van der Waals surface area contributed by atoms with Crippen molar-refractivity contribution in [1.82, 2.24) is 15.5 Å². The molecule has 1 atom stereocenters. The molecule has 0 aliphatic rings. The van der Waals surface area contributed by atoms with Gasteiger partial charge in [0.1, 0.15) is 0 Å². The van der Waals surface area contributed by atoms with Gasteiger partial charge in [-0.1, -0.05) is 44.2 Å². The number of likely N-dealkylation sites (N-methyl/N-ethyl adjacent to an activating group) is 1. The Hall–Kier alpha value is -0.870. The van der Waals surface area contributed by atoms with E-state index in [9.17, 15) is 8.42 Å². The molecule has 6 nitrogen and oxygen atoms in total. The Bertz CT molecular complexity index is 699. The molecule has 0 bridgehead atoms. The summed E-state index contributed by atoms with van der Waals surface area (Å²) in [6.07, 6.45) is 0. The standard InChI is InChI=1S/C21H38N4O2S.HI/c1-7-22-20(23-15-16-28(26,27)21(4,5)6)24-17-19(25(8-2)9-3)18-13-11-10-12-14-18;/h10-14,19H,7-9,15-17H2,1-6H3,(H2,22,23,24);1H. The van der Waals surface area contributed by atoms with E-state index in [0.717, 1.165) is 19.6 Å². The van der Waals surface area contributed by atoms with Crippen LogP contribution in [-0.2, 0) is 9.84 Å². The topological polar surface area (TPSA) is 73.8 Å². The number of halogens is 1. The molecular formula is C21H39IN4O2S. The molecule has 29 heavy (non-hydrogen) atoms. The fourth-order valence-corrected chi connectivity index (χ4v) is 3.88. The van der Waals surface area contributed by atoms with Crippen LogP contribution in [0.1, 0.15) is 53.1 Å². The first-order valence-electron chi connectivity index (χ1n) is 10.2. The molecule has 0 amide bonds. The Morgan fingerprint density at radius 1 is 1.07 bits per heavy atom. The lowest BCUT2D eigenvalue weighted by atomic mass is 10.1. The van der Waals surface area contributed by atoms with E-state index in [0.29, 0.717) is 19.0 Å². The number of nitrogens with one attached hydrogen (secondary N) is 2. The van der Waals surface area contributed by atoms with Crippen LogP contribution in [0.5, 0.6) is 0 Å². The monoisotopic (exact) mass is 538 g/mol. The average molecular weight is 539 g/mol. The second-order valence-corrected chi connectivity index (χ2v) is 10.6. The predicted octanol–water partition coefficient (Wildman–Crippen LogP) is 3.46. The van der Waals surface area contributed by atoms with Crippen LogP contribution >= 0.6 is 24.0 Å². The Kier molecular flexibility index (Phi) is 13.0. The predicted molar refractivity (Wildman–Crippen MR) is 135 cm³/mol. The summed E-state index contributed by atoms with van der Waals surface area (Å²) in [5, 5.41) is 6.39. The maximum Gasteiger partial charge on any atom is 0.191 e. The smallest absolute Gasteiger partial charge is 0.191 e. The largest absolute Gasteiger partial charge is 0.357 e. The summed E-state index contributed by atoms with van der Waals surface area (Å²) in [7, 11) is -3.16. The number of aliphatic imine (C=N–C) groups is 1. The third-order valence-corrected chi connectivity index (χ3v) is 7.41. The molecule has 0 aliphatic carbocycles. The number of sulfone groups is 1. The normalized spacial score (nSPS) is 13.7. The first-order valence-corrected chi connectivity index (χ1v) is 11.8. The zero-order valence-electron chi connectivity index (χ0n) is 18.7. The first kappa shape index (κ1) is 28.1. The summed E-state index contributed by atoms with van der Waals surface area (Å²) >= 11 is 0. The number of nitrogens with zero attached hydrogens (tertiary/aromatic N) is 2. The molecule has 1 aromatic carbocycles. The lowest BCUT2D eigenvalue weighted by Crippen LogP contribution is -2.42. The van der Waals surface area contributed by atoms with Crippen molar-refractivity contribution in [2.75, 3.05) is 38.5 Å². The molecule has 0 aliphatic heterocycles. The molecule has 168 valence electrons. The van der Waals surface area contributed by atoms with Crippen LogP contribution in [0.25, 0.3) is 0 Å². The minimum absolute atomic E-state index is 0. The Morgan fingerprint density at radius 2 is 1.66 bits per heavy atom. The van der Waals surface area contributed by atoms with Gasteiger partial charge in [0.2, 0.25) is 0 Å². The first-order chi connectivity index (χ1) is 13.2. The molecule has 0 radical (unpaired) electrons. The zero-order chi connectivity index (χ0) is 21.2. The van der Waals surface area contributed by atoms with Crippen LogP contribution in [0.4, 0.5) is 0 Å². The van der Waals surface area contributed by atoms with Crippen molar-refractivity contribution >= 4 is 39.8 Å². The molecular weight excluding hydrogens is 499 g/mol. The second-order valence-electron chi connectivity index (χ2n) is 7.73. The van der Waals surface area contributed by atoms with E-state index < -0.39 is 14.6 Å². The summed E-state index contributed by atoms with van der Waals surface area (Å²) in [4.78, 5) is 7.13. The van der Waals surface area contributed by atoms with E-state index in [1.165, 1.54) is 5.56 Å². The van der Waals surface area contributed by atoms with Crippen LogP contribution in [0.15, 0.2) is 35.3 Å². The summed E-state index contributed by atoms with van der Waals surface area (Å²) in [6, 6.07) is 10.6. The lowest BCUT2D eigenvalue weighted by molar-refractivity contribution is 0.224.